The maximum absolute atomic E-state index is 13.2. The summed E-state index contributed by atoms with van der Waals surface area (Å²) < 4.78 is 7.56. The zero-order chi connectivity index (χ0) is 28.8. The monoisotopic (exact) mass is 542 g/mol. The molecule has 0 spiro atoms. The Bertz CT molecular complexity index is 1210. The van der Waals surface area contributed by atoms with E-state index < -0.39 is 29.4 Å². The van der Waals surface area contributed by atoms with Crippen molar-refractivity contribution < 1.29 is 23.9 Å². The molecule has 1 atom stereocenters. The van der Waals surface area contributed by atoms with Gasteiger partial charge in [-0.25, -0.2) is 9.78 Å². The fraction of sp³-hybridized carbons (Fsp3) is 0.481. The molecule has 0 saturated heterocycles. The van der Waals surface area contributed by atoms with Gasteiger partial charge in [-0.3, -0.25) is 19.2 Å². The molecule has 3 amide bonds. The van der Waals surface area contributed by atoms with E-state index in [2.05, 4.69) is 34.8 Å². The number of hydrogen-bond acceptors (Lipinski definition) is 7. The van der Waals surface area contributed by atoms with E-state index in [0.29, 0.717) is 12.5 Å². The molecule has 212 valence electrons. The molecule has 0 fully saturated rings. The second-order valence-electron chi connectivity index (χ2n) is 8.98. The van der Waals surface area contributed by atoms with Crippen LogP contribution in [-0.4, -0.2) is 57.0 Å². The predicted molar refractivity (Wildman–Crippen MR) is 146 cm³/mol. The number of hydrogen-bond donors (Lipinski definition) is 3. The molecule has 2 aromatic heterocycles. The van der Waals surface area contributed by atoms with Crippen LogP contribution in [0.4, 0.5) is 5.69 Å². The minimum Gasteiger partial charge on any atom is -0.463 e. The molecule has 0 bridgehead atoms. The number of ether oxygens (including phenoxy) is 1. The lowest BCUT2D eigenvalue weighted by molar-refractivity contribution is -0.137. The lowest BCUT2D eigenvalue weighted by atomic mass is 10.0. The molecule has 3 N–H and O–H groups in total. The highest BCUT2D eigenvalue weighted by Gasteiger charge is 2.23. The average molecular weight is 543 g/mol. The van der Waals surface area contributed by atoms with Gasteiger partial charge < -0.3 is 29.8 Å². The number of carbonyl (C=O) groups is 4. The number of carbonyl (C=O) groups excluding carboxylic acids is 4. The van der Waals surface area contributed by atoms with E-state index in [0.717, 1.165) is 12.8 Å². The summed E-state index contributed by atoms with van der Waals surface area (Å²) in [6, 6.07) is 1.95. The minimum atomic E-state index is -1.03. The van der Waals surface area contributed by atoms with Gasteiger partial charge >= 0.3 is 5.97 Å². The largest absolute Gasteiger partial charge is 0.463 e. The molecule has 0 aromatic carbocycles. The zero-order valence-corrected chi connectivity index (χ0v) is 22.9. The first-order chi connectivity index (χ1) is 18.7. The molecule has 12 nitrogen and oxygen atoms in total. The lowest BCUT2D eigenvalue weighted by Crippen LogP contribution is -2.45. The number of esters is 1. The van der Waals surface area contributed by atoms with Crippen molar-refractivity contribution in [2.45, 2.75) is 59.0 Å². The molecule has 0 aliphatic heterocycles. The average Bonchev–Trinajstić information content (AvgIpc) is 3.34. The number of nitrogens with zero attached hydrogens (tertiary/aromatic N) is 3. The van der Waals surface area contributed by atoms with Crippen molar-refractivity contribution in [2.24, 2.45) is 13.0 Å². The number of aromatic nitrogens is 3. The van der Waals surface area contributed by atoms with Gasteiger partial charge in [-0.1, -0.05) is 32.8 Å². The molecule has 0 saturated carbocycles. The minimum absolute atomic E-state index is 0.0304. The fourth-order valence-corrected chi connectivity index (χ4v) is 3.73. The summed E-state index contributed by atoms with van der Waals surface area (Å²) in [6.07, 6.45) is 9.40. The molecule has 12 heteroatoms. The highest BCUT2D eigenvalue weighted by molar-refractivity contribution is 6.00. The molecule has 0 radical (unpaired) electrons. The molecule has 2 aromatic rings. The number of nitrogens with one attached hydrogen (secondary N) is 3. The normalized spacial score (nSPS) is 11.8. The zero-order valence-electron chi connectivity index (χ0n) is 22.9. The van der Waals surface area contributed by atoms with Crippen LogP contribution in [0.3, 0.4) is 0 Å². The Morgan fingerprint density at radius 3 is 2.54 bits per heavy atom. The van der Waals surface area contributed by atoms with E-state index in [1.54, 1.807) is 26.1 Å². The number of pyridine rings is 1. The fourth-order valence-electron chi connectivity index (χ4n) is 3.73. The number of imidazole rings is 1. The molecule has 0 unspecified atom stereocenters. The lowest BCUT2D eigenvalue weighted by Gasteiger charge is -2.18. The van der Waals surface area contributed by atoms with Crippen LogP contribution in [0.5, 0.6) is 0 Å². The molecule has 2 heterocycles. The SMILES string of the molecule is CCOC(=O)/C=C/CC[C@H](NC(=O)c1cncn1C)C(=O)Nc1cccn(CC(=O)NCC(CC)CC)c1=O. The van der Waals surface area contributed by atoms with E-state index >= 15 is 0 Å². The van der Waals surface area contributed by atoms with Crippen LogP contribution in [0, 0.1) is 5.92 Å². The Balaban J connectivity index is 2.13. The quantitative estimate of drug-likeness (QED) is 0.229. The third-order valence-electron chi connectivity index (χ3n) is 6.17. The van der Waals surface area contributed by atoms with Crippen molar-refractivity contribution in [2.75, 3.05) is 18.5 Å². The molecule has 0 aliphatic carbocycles. The number of anilines is 1. The second kappa shape index (κ2) is 15.9. The Kier molecular flexibility index (Phi) is 12.6. The topological polar surface area (TPSA) is 153 Å². The summed E-state index contributed by atoms with van der Waals surface area (Å²) in [6.45, 7) is 6.38. The summed E-state index contributed by atoms with van der Waals surface area (Å²) in [5, 5.41) is 8.08. The summed E-state index contributed by atoms with van der Waals surface area (Å²) >= 11 is 0. The van der Waals surface area contributed by atoms with Crippen molar-refractivity contribution >= 4 is 29.4 Å². The molecular weight excluding hydrogens is 504 g/mol. The van der Waals surface area contributed by atoms with Crippen LogP contribution in [0.15, 0.2) is 47.8 Å². The number of aryl methyl sites for hydroxylation is 1. The van der Waals surface area contributed by atoms with Gasteiger partial charge in [0.15, 0.2) is 0 Å². The third-order valence-corrected chi connectivity index (χ3v) is 6.17. The first kappa shape index (κ1) is 31.0. The van der Waals surface area contributed by atoms with Crippen LogP contribution in [0.25, 0.3) is 0 Å². The summed E-state index contributed by atoms with van der Waals surface area (Å²) in [7, 11) is 1.65. The molecule has 39 heavy (non-hydrogen) atoms. The van der Waals surface area contributed by atoms with Crippen LogP contribution >= 0.6 is 0 Å². The van der Waals surface area contributed by atoms with Gasteiger partial charge in [0.1, 0.15) is 24.0 Å². The van der Waals surface area contributed by atoms with E-state index in [-0.39, 0.29) is 43.3 Å². The van der Waals surface area contributed by atoms with Gasteiger partial charge in [0.25, 0.3) is 11.5 Å². The van der Waals surface area contributed by atoms with Gasteiger partial charge in [0.2, 0.25) is 11.8 Å². The standard InChI is InChI=1S/C27H38N6O6/c1-5-19(6-2)15-29-23(34)17-33-14-10-12-21(27(33)38)31-25(36)20(11-8-9-13-24(35)39-7-3)30-26(37)22-16-28-18-32(22)4/h9-10,12-14,16,18-20H,5-8,11,15,17H2,1-4H3,(H,29,34)(H,30,37)(H,31,36)/b13-9+/t20-/m0/s1. The molecule has 0 aliphatic rings. The maximum atomic E-state index is 13.2. The maximum Gasteiger partial charge on any atom is 0.330 e. The Hall–Kier alpha value is -4.22. The molecule has 2 rings (SSSR count). The van der Waals surface area contributed by atoms with Crippen molar-refractivity contribution in [1.82, 2.24) is 24.8 Å². The van der Waals surface area contributed by atoms with E-state index in [1.807, 2.05) is 0 Å². The smallest absolute Gasteiger partial charge is 0.330 e. The van der Waals surface area contributed by atoms with Crippen LogP contribution in [0.1, 0.15) is 56.9 Å². The van der Waals surface area contributed by atoms with Crippen molar-refractivity contribution in [3.8, 4) is 0 Å². The number of rotatable bonds is 15. The first-order valence-electron chi connectivity index (χ1n) is 13.1. The van der Waals surface area contributed by atoms with Gasteiger partial charge in [-0.05, 0) is 37.8 Å². The van der Waals surface area contributed by atoms with Crippen LogP contribution in [0.2, 0.25) is 0 Å². The Morgan fingerprint density at radius 2 is 1.90 bits per heavy atom. The van der Waals surface area contributed by atoms with Gasteiger partial charge in [0, 0.05) is 25.9 Å². The highest BCUT2D eigenvalue weighted by Crippen LogP contribution is 2.08. The summed E-state index contributed by atoms with van der Waals surface area (Å²) in [5.41, 5.74) is -0.337. The highest BCUT2D eigenvalue weighted by atomic mass is 16.5. The van der Waals surface area contributed by atoms with E-state index in [1.165, 1.54) is 40.0 Å². The predicted octanol–water partition coefficient (Wildman–Crippen LogP) is 1.77. The Morgan fingerprint density at radius 1 is 1.15 bits per heavy atom. The second-order valence-corrected chi connectivity index (χ2v) is 8.98. The number of allylic oxidation sites excluding steroid dienone is 1. The van der Waals surface area contributed by atoms with Crippen LogP contribution < -0.4 is 21.5 Å². The Labute approximate surface area is 227 Å². The third kappa shape index (κ3) is 9.87. The van der Waals surface area contributed by atoms with Gasteiger partial charge in [-0.15, -0.1) is 0 Å². The summed E-state index contributed by atoms with van der Waals surface area (Å²) in [5.74, 6) is -1.59. The summed E-state index contributed by atoms with van der Waals surface area (Å²) in [4.78, 5) is 66.8. The van der Waals surface area contributed by atoms with E-state index in [4.69, 9.17) is 4.74 Å². The molecular formula is C27H38N6O6. The number of amides is 3. The van der Waals surface area contributed by atoms with Gasteiger partial charge in [0.05, 0.1) is 19.1 Å². The van der Waals surface area contributed by atoms with E-state index in [9.17, 15) is 24.0 Å². The first-order valence-corrected chi connectivity index (χ1v) is 13.1. The van der Waals surface area contributed by atoms with Crippen molar-refractivity contribution in [1.29, 1.82) is 0 Å². The van der Waals surface area contributed by atoms with Gasteiger partial charge in [-0.2, -0.15) is 0 Å². The van der Waals surface area contributed by atoms with Crippen molar-refractivity contribution in [3.05, 3.63) is 59.1 Å². The van der Waals surface area contributed by atoms with Crippen LogP contribution in [-0.2, 0) is 32.7 Å². The van der Waals surface area contributed by atoms with Crippen molar-refractivity contribution in [3.63, 3.8) is 0 Å².